The minimum atomic E-state index is 0.0588. The first-order valence-corrected chi connectivity index (χ1v) is 8.91. The van der Waals surface area contributed by atoms with Gasteiger partial charge >= 0.3 is 0 Å². The van der Waals surface area contributed by atoms with Crippen molar-refractivity contribution in [3.63, 3.8) is 0 Å². The van der Waals surface area contributed by atoms with E-state index < -0.39 is 0 Å². The van der Waals surface area contributed by atoms with Crippen molar-refractivity contribution >= 4 is 23.4 Å². The van der Waals surface area contributed by atoms with Gasteiger partial charge in [0, 0.05) is 48.9 Å². The van der Waals surface area contributed by atoms with Crippen LogP contribution < -0.4 is 10.6 Å². The number of hydrogen-bond donors (Lipinski definition) is 2. The van der Waals surface area contributed by atoms with Crippen LogP contribution in [0.3, 0.4) is 0 Å². The highest BCUT2D eigenvalue weighted by molar-refractivity contribution is 5.99. The second-order valence-electron chi connectivity index (χ2n) is 6.96. The first kappa shape index (κ1) is 16.9. The summed E-state index contributed by atoms with van der Waals surface area (Å²) < 4.78 is 0. The lowest BCUT2D eigenvalue weighted by Crippen LogP contribution is -2.49. The molecule has 0 aromatic carbocycles. The zero-order valence-corrected chi connectivity index (χ0v) is 13.9. The van der Waals surface area contributed by atoms with E-state index in [1.54, 1.807) is 0 Å². The molecule has 130 valence electrons. The van der Waals surface area contributed by atoms with Crippen molar-refractivity contribution in [1.29, 1.82) is 0 Å². The number of nitrogens with one attached hydrogen (secondary N) is 2. The van der Waals surface area contributed by atoms with Crippen molar-refractivity contribution in [2.45, 2.75) is 70.3 Å². The van der Waals surface area contributed by atoms with Gasteiger partial charge in [0.15, 0.2) is 5.78 Å². The predicted octanol–water partition coefficient (Wildman–Crippen LogP) is 1.54. The molecule has 0 unspecified atom stereocenters. The summed E-state index contributed by atoms with van der Waals surface area (Å²) in [5, 5.41) is 5.66. The summed E-state index contributed by atoms with van der Waals surface area (Å²) in [6.07, 6.45) is 7.51. The van der Waals surface area contributed by atoms with Gasteiger partial charge in [0.1, 0.15) is 5.78 Å². The molecule has 1 saturated heterocycles. The first-order valence-electron chi connectivity index (χ1n) is 8.91. The summed E-state index contributed by atoms with van der Waals surface area (Å²) in [7, 11) is 0. The normalized spacial score (nSPS) is 29.7. The Morgan fingerprint density at radius 1 is 0.750 bits per heavy atom. The van der Waals surface area contributed by atoms with Gasteiger partial charge in [0.05, 0.1) is 0 Å². The number of piperidine rings is 1. The Morgan fingerprint density at radius 3 is 2.42 bits per heavy atom. The summed E-state index contributed by atoms with van der Waals surface area (Å²) >= 11 is 0. The first-order chi connectivity index (χ1) is 11.5. The number of allylic oxidation sites excluding steroid dienone is 2. The molecule has 1 saturated carbocycles. The van der Waals surface area contributed by atoms with Crippen molar-refractivity contribution in [3.8, 4) is 0 Å². The Morgan fingerprint density at radius 2 is 1.58 bits per heavy atom. The second-order valence-corrected chi connectivity index (χ2v) is 6.96. The number of ketones is 2. The molecule has 24 heavy (non-hydrogen) atoms. The van der Waals surface area contributed by atoms with Gasteiger partial charge in [0.25, 0.3) is 0 Å². The lowest BCUT2D eigenvalue weighted by Gasteiger charge is -2.34. The smallest absolute Gasteiger partial charge is 0.224 e. The number of rotatable bonds is 0. The molecular weight excluding hydrogens is 308 g/mol. The van der Waals surface area contributed by atoms with E-state index in [4.69, 9.17) is 0 Å². The lowest BCUT2D eigenvalue weighted by atomic mass is 9.78. The third kappa shape index (κ3) is 3.74. The van der Waals surface area contributed by atoms with Crippen LogP contribution in [0.5, 0.6) is 0 Å². The highest BCUT2D eigenvalue weighted by Gasteiger charge is 2.35. The van der Waals surface area contributed by atoms with Gasteiger partial charge in [-0.3, -0.25) is 19.2 Å². The number of hydrogen-bond acceptors (Lipinski definition) is 4. The lowest BCUT2D eigenvalue weighted by molar-refractivity contribution is -0.132. The molecule has 0 aromatic heterocycles. The topological polar surface area (TPSA) is 92.3 Å². The Bertz CT molecular complexity index is 608. The molecule has 4 rings (SSSR count). The quantitative estimate of drug-likeness (QED) is 0.704. The van der Waals surface area contributed by atoms with Gasteiger partial charge in [-0.25, -0.2) is 0 Å². The largest absolute Gasteiger partial charge is 0.353 e. The molecule has 2 fully saturated rings. The fourth-order valence-corrected chi connectivity index (χ4v) is 4.00. The molecule has 0 spiro atoms. The molecule has 0 bridgehead atoms. The predicted molar refractivity (Wildman–Crippen MR) is 86.8 cm³/mol. The average Bonchev–Trinajstić information content (AvgIpc) is 2.55. The SMILES string of the molecule is O=C1CCC2=C(CCCC2=O)N1.O=C1CC[C@H]2C(=O)CCC[C@H]2N1. The molecule has 2 aliphatic carbocycles. The maximum Gasteiger partial charge on any atom is 0.224 e. The van der Waals surface area contributed by atoms with Crippen LogP contribution in [0.15, 0.2) is 11.3 Å². The summed E-state index contributed by atoms with van der Waals surface area (Å²) in [6, 6.07) is 0.160. The third-order valence-electron chi connectivity index (χ3n) is 5.29. The minimum Gasteiger partial charge on any atom is -0.353 e. The molecule has 6 heteroatoms. The molecule has 0 radical (unpaired) electrons. The van der Waals surface area contributed by atoms with Gasteiger partial charge in [-0.15, -0.1) is 0 Å². The highest BCUT2D eigenvalue weighted by Crippen LogP contribution is 2.28. The molecule has 2 N–H and O–H groups in total. The van der Waals surface area contributed by atoms with Crippen molar-refractivity contribution in [3.05, 3.63) is 11.3 Å². The maximum absolute atomic E-state index is 11.4. The average molecular weight is 332 g/mol. The van der Waals surface area contributed by atoms with E-state index in [2.05, 4.69) is 10.6 Å². The maximum atomic E-state index is 11.4. The summed E-state index contributed by atoms with van der Waals surface area (Å²) in [6.45, 7) is 0. The zero-order chi connectivity index (χ0) is 17.1. The van der Waals surface area contributed by atoms with Gasteiger partial charge in [-0.05, 0) is 38.5 Å². The number of Topliss-reactive ketones (excluding diaryl/α,β-unsaturated/α-hetero) is 2. The summed E-state index contributed by atoms with van der Waals surface area (Å²) in [5.74, 6) is 0.897. The van der Waals surface area contributed by atoms with E-state index in [9.17, 15) is 19.2 Å². The molecule has 2 amide bonds. The van der Waals surface area contributed by atoms with E-state index in [0.717, 1.165) is 49.8 Å². The van der Waals surface area contributed by atoms with E-state index in [-0.39, 0.29) is 29.6 Å². The zero-order valence-electron chi connectivity index (χ0n) is 13.9. The Kier molecular flexibility index (Phi) is 5.11. The molecule has 4 aliphatic rings. The van der Waals surface area contributed by atoms with Crippen LogP contribution in [0.4, 0.5) is 0 Å². The fraction of sp³-hybridized carbons (Fsp3) is 0.667. The number of amides is 2. The molecule has 0 aromatic rings. The third-order valence-corrected chi connectivity index (χ3v) is 5.29. The summed E-state index contributed by atoms with van der Waals surface area (Å²) in [5.41, 5.74) is 1.77. The van der Waals surface area contributed by atoms with Crippen LogP contribution in [0.1, 0.15) is 64.2 Å². The van der Waals surface area contributed by atoms with Crippen molar-refractivity contribution < 1.29 is 19.2 Å². The number of carbonyl (C=O) groups is 4. The molecule has 6 nitrogen and oxygen atoms in total. The van der Waals surface area contributed by atoms with Crippen LogP contribution >= 0.6 is 0 Å². The van der Waals surface area contributed by atoms with Crippen LogP contribution in [0.25, 0.3) is 0 Å². The van der Waals surface area contributed by atoms with Crippen molar-refractivity contribution in [1.82, 2.24) is 10.6 Å². The highest BCUT2D eigenvalue weighted by atomic mass is 16.2. The number of carbonyl (C=O) groups excluding carboxylic acids is 4. The second kappa shape index (κ2) is 7.28. The van der Waals surface area contributed by atoms with Gasteiger partial charge in [0.2, 0.25) is 11.8 Å². The Balaban J connectivity index is 0.000000141. The molecule has 2 aliphatic heterocycles. The van der Waals surface area contributed by atoms with E-state index in [1.165, 1.54) is 0 Å². The van der Waals surface area contributed by atoms with Crippen LogP contribution in [-0.4, -0.2) is 29.4 Å². The standard InChI is InChI=1S/C9H13NO2.C9H11NO2/c2*11-8-3-1-2-7-6(8)4-5-9(12)10-7/h6-7H,1-5H2,(H,10,12);1-5H2,(H,10,12)/t6-,7-;/m1./s1. The Hall–Kier alpha value is -1.98. The molecule has 2 atom stereocenters. The van der Waals surface area contributed by atoms with Gasteiger partial charge < -0.3 is 10.6 Å². The van der Waals surface area contributed by atoms with Crippen LogP contribution in [0, 0.1) is 5.92 Å². The molecular formula is C18H24N2O4. The van der Waals surface area contributed by atoms with E-state index in [1.807, 2.05) is 0 Å². The van der Waals surface area contributed by atoms with Crippen LogP contribution in [0.2, 0.25) is 0 Å². The Labute approximate surface area is 141 Å². The van der Waals surface area contributed by atoms with Crippen molar-refractivity contribution in [2.75, 3.05) is 0 Å². The van der Waals surface area contributed by atoms with Crippen molar-refractivity contribution in [2.24, 2.45) is 5.92 Å². The van der Waals surface area contributed by atoms with Gasteiger partial charge in [-0.1, -0.05) is 0 Å². The fourth-order valence-electron chi connectivity index (χ4n) is 4.00. The van der Waals surface area contributed by atoms with Gasteiger partial charge in [-0.2, -0.15) is 0 Å². The monoisotopic (exact) mass is 332 g/mol. The minimum absolute atomic E-state index is 0.0588. The van der Waals surface area contributed by atoms with Crippen LogP contribution in [-0.2, 0) is 19.2 Å². The van der Waals surface area contributed by atoms with E-state index >= 15 is 0 Å². The molecule has 2 heterocycles. The van der Waals surface area contributed by atoms with E-state index in [0.29, 0.717) is 31.5 Å². The summed E-state index contributed by atoms with van der Waals surface area (Å²) in [4.78, 5) is 44.7. The number of fused-ring (bicyclic) bond motifs is 1.